The van der Waals surface area contributed by atoms with Crippen LogP contribution in [0.3, 0.4) is 0 Å². The zero-order chi connectivity index (χ0) is 8.53. The average molecular weight is 151 g/mol. The predicted octanol–water partition coefficient (Wildman–Crippen LogP) is 2.21. The Morgan fingerprint density at radius 3 is 1.82 bits per heavy atom. The number of hydrogen-bond donors (Lipinski definition) is 1. The minimum Gasteiger partial charge on any atom is -0.331 e. The third-order valence-corrected chi connectivity index (χ3v) is 1.25. The van der Waals surface area contributed by atoms with E-state index in [1.807, 2.05) is 13.0 Å². The molecular formula is C10H17N. The Bertz CT molecular complexity index is 158. The molecule has 0 saturated carbocycles. The van der Waals surface area contributed by atoms with Crippen LogP contribution in [0.2, 0.25) is 0 Å². The molecule has 62 valence electrons. The first-order chi connectivity index (χ1) is 5.35. The zero-order valence-electron chi connectivity index (χ0n) is 7.38. The second-order valence-electron chi connectivity index (χ2n) is 2.25. The molecule has 0 aliphatic carbocycles. The largest absolute Gasteiger partial charge is 0.331 e. The van der Waals surface area contributed by atoms with E-state index in [0.29, 0.717) is 0 Å². The van der Waals surface area contributed by atoms with E-state index in [1.165, 1.54) is 5.56 Å². The molecule has 0 radical (unpaired) electrons. The van der Waals surface area contributed by atoms with Gasteiger partial charge >= 0.3 is 0 Å². The molecule has 2 N–H and O–H groups in total. The number of hydrogen-bond acceptors (Lipinski definition) is 1. The van der Waals surface area contributed by atoms with Gasteiger partial charge in [-0.25, -0.2) is 0 Å². The standard InChI is InChI=1S/C8H10.C2H7N/c1-2-8-6-4-3-5-7-8;1-2-3/h3-7H,2H2,1H3;2-3H2,1H3. The highest BCUT2D eigenvalue weighted by Gasteiger charge is 1.79. The summed E-state index contributed by atoms with van der Waals surface area (Å²) in [5, 5.41) is 0. The topological polar surface area (TPSA) is 26.0 Å². The molecule has 0 aliphatic heterocycles. The van der Waals surface area contributed by atoms with Crippen LogP contribution < -0.4 is 5.73 Å². The van der Waals surface area contributed by atoms with Gasteiger partial charge in [0, 0.05) is 0 Å². The number of nitrogens with two attached hydrogens (primary N) is 1. The van der Waals surface area contributed by atoms with Crippen LogP contribution in [0.25, 0.3) is 0 Å². The molecule has 0 saturated heterocycles. The van der Waals surface area contributed by atoms with Gasteiger partial charge in [-0.1, -0.05) is 44.2 Å². The fourth-order valence-corrected chi connectivity index (χ4v) is 0.714. The normalized spacial score (nSPS) is 8.27. The molecule has 11 heavy (non-hydrogen) atoms. The molecular weight excluding hydrogens is 134 g/mol. The van der Waals surface area contributed by atoms with Gasteiger partial charge in [0.1, 0.15) is 0 Å². The van der Waals surface area contributed by atoms with Crippen molar-refractivity contribution in [1.82, 2.24) is 0 Å². The summed E-state index contributed by atoms with van der Waals surface area (Å²) in [6, 6.07) is 10.5. The Balaban J connectivity index is 0.000000292. The van der Waals surface area contributed by atoms with Crippen LogP contribution >= 0.6 is 0 Å². The summed E-state index contributed by atoms with van der Waals surface area (Å²) in [7, 11) is 0. The van der Waals surface area contributed by atoms with Crippen molar-refractivity contribution < 1.29 is 0 Å². The maximum Gasteiger partial charge on any atom is -0.0106 e. The summed E-state index contributed by atoms with van der Waals surface area (Å²) in [6.45, 7) is 4.81. The molecule has 0 fully saturated rings. The lowest BCUT2D eigenvalue weighted by Gasteiger charge is -1.89. The predicted molar refractivity (Wildman–Crippen MR) is 50.5 cm³/mol. The monoisotopic (exact) mass is 151 g/mol. The van der Waals surface area contributed by atoms with Crippen LogP contribution in [-0.2, 0) is 6.42 Å². The first-order valence-electron chi connectivity index (χ1n) is 4.09. The van der Waals surface area contributed by atoms with Gasteiger partial charge in [-0.15, -0.1) is 0 Å². The van der Waals surface area contributed by atoms with Crippen LogP contribution in [-0.4, -0.2) is 6.54 Å². The lowest BCUT2D eigenvalue weighted by molar-refractivity contribution is 1.14. The zero-order valence-corrected chi connectivity index (χ0v) is 7.38. The molecule has 0 atom stereocenters. The number of rotatable bonds is 1. The lowest BCUT2D eigenvalue weighted by atomic mass is 10.2. The van der Waals surface area contributed by atoms with Gasteiger partial charge in [0.05, 0.1) is 0 Å². The fourth-order valence-electron chi connectivity index (χ4n) is 0.714. The SMILES string of the molecule is CCN.CCc1ccccc1. The van der Waals surface area contributed by atoms with E-state index in [4.69, 9.17) is 5.73 Å². The molecule has 0 aliphatic rings. The summed E-state index contributed by atoms with van der Waals surface area (Å²) >= 11 is 0. The van der Waals surface area contributed by atoms with Gasteiger partial charge in [0.25, 0.3) is 0 Å². The van der Waals surface area contributed by atoms with Gasteiger partial charge < -0.3 is 5.73 Å². The van der Waals surface area contributed by atoms with E-state index in [1.54, 1.807) is 0 Å². The Hall–Kier alpha value is -0.820. The maximum atomic E-state index is 4.85. The second-order valence-corrected chi connectivity index (χ2v) is 2.25. The summed E-state index contributed by atoms with van der Waals surface area (Å²) in [6.07, 6.45) is 1.14. The van der Waals surface area contributed by atoms with E-state index in [-0.39, 0.29) is 0 Å². The molecule has 0 bridgehead atoms. The molecule has 0 spiro atoms. The maximum absolute atomic E-state index is 4.85. The first kappa shape index (κ1) is 10.2. The third kappa shape index (κ3) is 5.62. The molecule has 1 heteroatoms. The molecule has 1 aromatic rings. The van der Waals surface area contributed by atoms with E-state index < -0.39 is 0 Å². The van der Waals surface area contributed by atoms with Crippen molar-refractivity contribution in [2.45, 2.75) is 20.3 Å². The molecule has 0 aromatic heterocycles. The van der Waals surface area contributed by atoms with Crippen molar-refractivity contribution >= 4 is 0 Å². The second kappa shape index (κ2) is 7.29. The highest BCUT2D eigenvalue weighted by atomic mass is 14.5. The molecule has 0 unspecified atom stereocenters. The minimum absolute atomic E-state index is 0.750. The highest BCUT2D eigenvalue weighted by molar-refractivity contribution is 5.13. The smallest absolute Gasteiger partial charge is 0.0106 e. The first-order valence-corrected chi connectivity index (χ1v) is 4.09. The van der Waals surface area contributed by atoms with Crippen LogP contribution in [0.15, 0.2) is 30.3 Å². The molecule has 0 heterocycles. The van der Waals surface area contributed by atoms with E-state index in [2.05, 4.69) is 31.2 Å². The Labute approximate surface area is 69.2 Å². The summed E-state index contributed by atoms with van der Waals surface area (Å²) in [5.74, 6) is 0. The Kier molecular flexibility index (Phi) is 6.75. The van der Waals surface area contributed by atoms with Gasteiger partial charge in [0.15, 0.2) is 0 Å². The van der Waals surface area contributed by atoms with Gasteiger partial charge in [0.2, 0.25) is 0 Å². The molecule has 1 aromatic carbocycles. The molecule has 1 nitrogen and oxygen atoms in total. The molecule has 0 amide bonds. The quantitative estimate of drug-likeness (QED) is 0.654. The highest BCUT2D eigenvalue weighted by Crippen LogP contribution is 1.96. The summed E-state index contributed by atoms with van der Waals surface area (Å²) in [5.41, 5.74) is 6.26. The summed E-state index contributed by atoms with van der Waals surface area (Å²) in [4.78, 5) is 0. The van der Waals surface area contributed by atoms with Crippen molar-refractivity contribution in [2.24, 2.45) is 5.73 Å². The number of aryl methyl sites for hydroxylation is 1. The Morgan fingerprint density at radius 2 is 1.55 bits per heavy atom. The lowest BCUT2D eigenvalue weighted by Crippen LogP contribution is -1.87. The van der Waals surface area contributed by atoms with Crippen LogP contribution in [0, 0.1) is 0 Å². The van der Waals surface area contributed by atoms with E-state index in [0.717, 1.165) is 13.0 Å². The van der Waals surface area contributed by atoms with Crippen molar-refractivity contribution in [2.75, 3.05) is 6.54 Å². The van der Waals surface area contributed by atoms with E-state index >= 15 is 0 Å². The molecule has 1 rings (SSSR count). The van der Waals surface area contributed by atoms with Crippen molar-refractivity contribution in [3.05, 3.63) is 35.9 Å². The third-order valence-electron chi connectivity index (χ3n) is 1.25. The van der Waals surface area contributed by atoms with Crippen LogP contribution in [0.4, 0.5) is 0 Å². The van der Waals surface area contributed by atoms with Gasteiger partial charge in [-0.2, -0.15) is 0 Å². The van der Waals surface area contributed by atoms with E-state index in [9.17, 15) is 0 Å². The average Bonchev–Trinajstić information content (AvgIpc) is 2.08. The van der Waals surface area contributed by atoms with Crippen LogP contribution in [0.1, 0.15) is 19.4 Å². The van der Waals surface area contributed by atoms with Gasteiger partial charge in [-0.3, -0.25) is 0 Å². The fraction of sp³-hybridized carbons (Fsp3) is 0.400. The van der Waals surface area contributed by atoms with Gasteiger partial charge in [-0.05, 0) is 18.5 Å². The van der Waals surface area contributed by atoms with Crippen molar-refractivity contribution in [1.29, 1.82) is 0 Å². The number of benzene rings is 1. The summed E-state index contributed by atoms with van der Waals surface area (Å²) < 4.78 is 0. The van der Waals surface area contributed by atoms with Crippen molar-refractivity contribution in [3.63, 3.8) is 0 Å². The Morgan fingerprint density at radius 1 is 1.09 bits per heavy atom. The van der Waals surface area contributed by atoms with Crippen LogP contribution in [0.5, 0.6) is 0 Å². The van der Waals surface area contributed by atoms with Crippen molar-refractivity contribution in [3.8, 4) is 0 Å². The minimum atomic E-state index is 0.750.